The molecule has 118 valence electrons. The zero-order chi connectivity index (χ0) is 16.2. The van der Waals surface area contributed by atoms with E-state index in [1.54, 1.807) is 18.1 Å². The van der Waals surface area contributed by atoms with E-state index in [0.29, 0.717) is 0 Å². The highest BCUT2D eigenvalue weighted by atomic mass is 32.2. The molecule has 2 aromatic carbocycles. The maximum Gasteiger partial charge on any atom is 0.137 e. The molecule has 0 spiro atoms. The molecule has 0 radical (unpaired) electrons. The summed E-state index contributed by atoms with van der Waals surface area (Å²) in [7, 11) is 0. The lowest BCUT2D eigenvalue weighted by Crippen LogP contribution is -2.02. The number of nitrogens with one attached hydrogen (secondary N) is 1. The summed E-state index contributed by atoms with van der Waals surface area (Å²) < 4.78 is 0. The van der Waals surface area contributed by atoms with Crippen LogP contribution >= 0.6 is 11.8 Å². The molecule has 1 aliphatic rings. The molecule has 0 saturated heterocycles. The average molecular weight is 332 g/mol. The number of fused-ring (bicyclic) bond motifs is 1. The van der Waals surface area contributed by atoms with E-state index in [1.165, 1.54) is 10.5 Å². The molecule has 0 atom stereocenters. The second-order valence-corrected chi connectivity index (χ2v) is 6.49. The number of nitrogens with zero attached hydrogens (tertiary/aromatic N) is 3. The van der Waals surface area contributed by atoms with Gasteiger partial charge in [-0.1, -0.05) is 36.4 Å². The topological polar surface area (TPSA) is 50.2 Å². The summed E-state index contributed by atoms with van der Waals surface area (Å²) in [6, 6.07) is 16.5. The quantitative estimate of drug-likeness (QED) is 0.771. The van der Waals surface area contributed by atoms with Crippen LogP contribution in [0, 0.1) is 0 Å². The summed E-state index contributed by atoms with van der Waals surface area (Å²) in [6.07, 6.45) is 5.67. The Bertz CT molecular complexity index is 919. The highest BCUT2D eigenvalue weighted by Gasteiger charge is 2.06. The molecule has 0 bridgehead atoms. The lowest BCUT2D eigenvalue weighted by molar-refractivity contribution is 1.10. The lowest BCUT2D eigenvalue weighted by atomic mass is 10.1. The Hall–Kier alpha value is -2.66. The molecule has 0 aliphatic carbocycles. The van der Waals surface area contributed by atoms with Gasteiger partial charge in [-0.15, -0.1) is 11.8 Å². The number of hydrogen-bond donors (Lipinski definition) is 1. The molecule has 0 saturated carbocycles. The third-order valence-electron chi connectivity index (χ3n) is 3.80. The minimum atomic E-state index is 0.737. The van der Waals surface area contributed by atoms with E-state index in [4.69, 9.17) is 0 Å². The van der Waals surface area contributed by atoms with E-state index in [1.807, 2.05) is 30.5 Å². The van der Waals surface area contributed by atoms with Crippen LogP contribution in [0.1, 0.15) is 11.1 Å². The number of rotatable bonds is 4. The molecule has 0 unspecified atom stereocenters. The number of anilines is 1. The van der Waals surface area contributed by atoms with Gasteiger partial charge in [-0.2, -0.15) is 0 Å². The Morgan fingerprint density at radius 1 is 1.08 bits per heavy atom. The standard InChI is InChI=1S/C19H16N4S/c1-2-4-14(5-3-1)10-21-19-17-9-15(8-16-11-20-13-24-16)6-7-18(17)22-12-23-19/h1-9,11-12H,10,13H2,(H,21,22,23). The fourth-order valence-corrected chi connectivity index (χ4v) is 3.27. The summed E-state index contributed by atoms with van der Waals surface area (Å²) in [4.78, 5) is 14.2. The van der Waals surface area contributed by atoms with Gasteiger partial charge in [0.25, 0.3) is 0 Å². The first-order valence-electron chi connectivity index (χ1n) is 7.75. The summed E-state index contributed by atoms with van der Waals surface area (Å²) in [6.45, 7) is 0.737. The summed E-state index contributed by atoms with van der Waals surface area (Å²) in [5.41, 5.74) is 3.30. The molecule has 1 aromatic heterocycles. The van der Waals surface area contributed by atoms with Gasteiger partial charge in [0.1, 0.15) is 12.1 Å². The summed E-state index contributed by atoms with van der Waals surface area (Å²) in [5, 5.41) is 4.45. The Morgan fingerprint density at radius 2 is 2.00 bits per heavy atom. The van der Waals surface area contributed by atoms with Gasteiger partial charge in [-0.3, -0.25) is 4.99 Å². The zero-order valence-electron chi connectivity index (χ0n) is 13.0. The summed E-state index contributed by atoms with van der Waals surface area (Å²) >= 11 is 1.75. The van der Waals surface area contributed by atoms with Crippen LogP contribution in [0.3, 0.4) is 0 Å². The van der Waals surface area contributed by atoms with E-state index in [0.717, 1.165) is 34.7 Å². The first kappa shape index (κ1) is 14.9. The van der Waals surface area contributed by atoms with E-state index in [-0.39, 0.29) is 0 Å². The molecule has 3 aromatic rings. The zero-order valence-corrected chi connectivity index (χ0v) is 13.8. The predicted octanol–water partition coefficient (Wildman–Crippen LogP) is 4.36. The molecular weight excluding hydrogens is 316 g/mol. The molecule has 4 rings (SSSR count). The molecule has 4 nitrogen and oxygen atoms in total. The van der Waals surface area contributed by atoms with Crippen molar-refractivity contribution in [3.63, 3.8) is 0 Å². The molecule has 0 amide bonds. The van der Waals surface area contributed by atoms with Gasteiger partial charge in [0.05, 0.1) is 11.4 Å². The van der Waals surface area contributed by atoms with Crippen LogP contribution in [-0.2, 0) is 6.54 Å². The van der Waals surface area contributed by atoms with E-state index in [9.17, 15) is 0 Å². The minimum absolute atomic E-state index is 0.737. The van der Waals surface area contributed by atoms with Gasteiger partial charge >= 0.3 is 0 Å². The maximum atomic E-state index is 4.42. The van der Waals surface area contributed by atoms with Gasteiger partial charge in [0.15, 0.2) is 0 Å². The second-order valence-electron chi connectivity index (χ2n) is 5.47. The van der Waals surface area contributed by atoms with Crippen molar-refractivity contribution in [1.29, 1.82) is 0 Å². The lowest BCUT2D eigenvalue weighted by Gasteiger charge is -2.09. The predicted molar refractivity (Wildman–Crippen MR) is 102 cm³/mol. The van der Waals surface area contributed by atoms with Crippen LogP contribution in [0.4, 0.5) is 5.82 Å². The van der Waals surface area contributed by atoms with Crippen molar-refractivity contribution in [2.45, 2.75) is 6.54 Å². The SMILES string of the molecule is C1=NCSC1=Cc1ccc2ncnc(NCc3ccccc3)c2c1. The number of allylic oxidation sites excluding steroid dienone is 1. The van der Waals surface area contributed by atoms with E-state index in [2.05, 4.69) is 50.6 Å². The highest BCUT2D eigenvalue weighted by Crippen LogP contribution is 2.26. The van der Waals surface area contributed by atoms with Crippen LogP contribution in [-0.4, -0.2) is 22.1 Å². The van der Waals surface area contributed by atoms with Gasteiger partial charge in [-0.25, -0.2) is 9.97 Å². The highest BCUT2D eigenvalue weighted by molar-refractivity contribution is 8.04. The molecule has 5 heteroatoms. The van der Waals surface area contributed by atoms with Gasteiger partial charge < -0.3 is 5.32 Å². The fourth-order valence-electron chi connectivity index (χ4n) is 2.61. The van der Waals surface area contributed by atoms with Crippen molar-refractivity contribution in [2.24, 2.45) is 4.99 Å². The average Bonchev–Trinajstić information content (AvgIpc) is 3.14. The first-order valence-corrected chi connectivity index (χ1v) is 8.74. The van der Waals surface area contributed by atoms with E-state index >= 15 is 0 Å². The first-order chi connectivity index (χ1) is 11.9. The Morgan fingerprint density at radius 3 is 2.83 bits per heavy atom. The molecule has 1 N–H and O–H groups in total. The van der Waals surface area contributed by atoms with Crippen molar-refractivity contribution >= 4 is 40.8 Å². The monoisotopic (exact) mass is 332 g/mol. The maximum absolute atomic E-state index is 4.42. The van der Waals surface area contributed by atoms with Gasteiger partial charge in [-0.05, 0) is 29.3 Å². The Kier molecular flexibility index (Phi) is 4.25. The number of thioether (sulfide) groups is 1. The third-order valence-corrected chi connectivity index (χ3v) is 4.63. The van der Waals surface area contributed by atoms with Gasteiger partial charge in [0, 0.05) is 23.1 Å². The van der Waals surface area contributed by atoms with Crippen LogP contribution < -0.4 is 5.32 Å². The van der Waals surface area contributed by atoms with Crippen molar-refractivity contribution in [3.8, 4) is 0 Å². The molecule has 1 aliphatic heterocycles. The number of aromatic nitrogens is 2. The second kappa shape index (κ2) is 6.84. The molecule has 0 fully saturated rings. The fraction of sp³-hybridized carbons (Fsp3) is 0.105. The van der Waals surface area contributed by atoms with Crippen LogP contribution in [0.2, 0.25) is 0 Å². The molecular formula is C19H16N4S. The number of hydrogen-bond acceptors (Lipinski definition) is 5. The Labute approximate surface area is 144 Å². The number of aliphatic imine (C=N–C) groups is 1. The Balaban J connectivity index is 1.64. The molecule has 2 heterocycles. The largest absolute Gasteiger partial charge is 0.365 e. The third kappa shape index (κ3) is 3.31. The van der Waals surface area contributed by atoms with Crippen molar-refractivity contribution in [2.75, 3.05) is 11.2 Å². The van der Waals surface area contributed by atoms with Crippen molar-refractivity contribution in [1.82, 2.24) is 9.97 Å². The van der Waals surface area contributed by atoms with Crippen molar-refractivity contribution < 1.29 is 0 Å². The van der Waals surface area contributed by atoms with Gasteiger partial charge in [0.2, 0.25) is 0 Å². The normalized spacial score (nSPS) is 15.2. The van der Waals surface area contributed by atoms with Crippen LogP contribution in [0.5, 0.6) is 0 Å². The minimum Gasteiger partial charge on any atom is -0.365 e. The summed E-state index contributed by atoms with van der Waals surface area (Å²) in [5.74, 6) is 1.67. The van der Waals surface area contributed by atoms with Crippen LogP contribution in [0.15, 0.2) is 64.8 Å². The van der Waals surface area contributed by atoms with Crippen LogP contribution in [0.25, 0.3) is 17.0 Å². The smallest absolute Gasteiger partial charge is 0.137 e. The molecule has 24 heavy (non-hydrogen) atoms. The van der Waals surface area contributed by atoms with E-state index < -0.39 is 0 Å². The van der Waals surface area contributed by atoms with Crippen molar-refractivity contribution in [3.05, 3.63) is 70.9 Å². The number of benzene rings is 2.